The van der Waals surface area contributed by atoms with Crippen LogP contribution in [-0.2, 0) is 52.7 Å². The number of carbonyl (C=O) groups excluding carboxylic acids is 11. The predicted molar refractivity (Wildman–Crippen MR) is 323 cm³/mol. The maximum Gasteiger partial charge on any atom is 0.246 e. The van der Waals surface area contributed by atoms with Crippen LogP contribution >= 0.6 is 0 Å². The van der Waals surface area contributed by atoms with Crippen molar-refractivity contribution < 1.29 is 57.8 Å². The number of nitrogens with two attached hydrogens (primary N) is 1. The van der Waals surface area contributed by atoms with Crippen LogP contribution in [0.25, 0.3) is 0 Å². The maximum atomic E-state index is 15.1. The normalized spacial score (nSPS) is 27.0. The van der Waals surface area contributed by atoms with E-state index in [2.05, 4.69) is 21.3 Å². The minimum Gasteiger partial charge on any atom is -0.390 e. The average molecular weight is 1190 g/mol. The Bertz CT molecular complexity index is 2290. The summed E-state index contributed by atoms with van der Waals surface area (Å²) >= 11 is 0. The summed E-state index contributed by atoms with van der Waals surface area (Å²) in [7, 11) is 9.78. The van der Waals surface area contributed by atoms with E-state index in [9.17, 15) is 48.3 Å². The van der Waals surface area contributed by atoms with Crippen LogP contribution in [0.15, 0.2) is 12.2 Å². The van der Waals surface area contributed by atoms with Gasteiger partial charge in [0.25, 0.3) is 0 Å². The van der Waals surface area contributed by atoms with Gasteiger partial charge in [-0.05, 0) is 101 Å². The SMILES string of the molecule is C/C=C/C[C@@H](C)[C@@H](O)[C@H]1C(=O)N[C@@H](CC)C(=O)N(C)CC(=O)N(C)[C@@H](CCN)C(=O)N[C@@H](C(C)C)C(=O)N(C)[C@@H](CC(C)C)C(=O)N[C@@H](C)C(=O)N[C@H](C)C(=O)N(C)[C@@H](CC(C)C)C(=O)N(C)[C@@H](CC(C)C)C(=O)N(C)[C@@H](C(C)C)C(=O)N1C. The van der Waals surface area contributed by atoms with Crippen LogP contribution in [0.4, 0.5) is 0 Å². The first-order valence-corrected chi connectivity index (χ1v) is 29.9. The minimum atomic E-state index is -1.62. The number of amides is 11. The van der Waals surface area contributed by atoms with Crippen molar-refractivity contribution in [2.45, 2.75) is 209 Å². The molecule has 0 radical (unpaired) electrons. The number of carbonyl (C=O) groups is 11. The summed E-state index contributed by atoms with van der Waals surface area (Å²) in [6.45, 7) is 25.4. The summed E-state index contributed by atoms with van der Waals surface area (Å²) in [4.78, 5) is 168. The fourth-order valence-corrected chi connectivity index (χ4v) is 10.5. The molecule has 1 aliphatic rings. The first kappa shape index (κ1) is 75.8. The van der Waals surface area contributed by atoms with Crippen molar-refractivity contribution in [3.05, 3.63) is 12.2 Å². The number of aliphatic hydroxyl groups is 1. The lowest BCUT2D eigenvalue weighted by molar-refractivity contribution is -0.157. The molecule has 1 rings (SSSR count). The number of hydrogen-bond acceptors (Lipinski definition) is 13. The molecule has 12 atom stereocenters. The molecule has 0 spiro atoms. The highest BCUT2D eigenvalue weighted by atomic mass is 16.3. The standard InChI is InChI=1S/C60H108N12O12/c1-23-25-26-38(13)50(74)49-54(78)64-41(24-2)56(80)66(16)32-46(73)67(17)42(27-28-61)52(76)65-47(36(9)10)59(83)68(18)43(29-33(3)4)53(77)62-39(14)51(75)63-40(15)55(79)69(19)44(30-34(5)6)57(81)70(20)45(31-35(7)8)58(82)71(21)48(37(11)12)60(84)72(49)22/h23,25,33-45,47-50,74H,24,26-32,61H2,1-22H3,(H,62,77)(H,63,75)(H,64,78)(H,65,76)/b25-23+/t38-,39+,40-,41+,42+,43+,44+,45+,47+,48+,49+,50-/m1/s1. The Morgan fingerprint density at radius 2 is 0.964 bits per heavy atom. The van der Waals surface area contributed by atoms with E-state index in [1.165, 1.54) is 82.8 Å². The summed E-state index contributed by atoms with van der Waals surface area (Å²) in [6, 6.07) is -12.5. The quantitative estimate of drug-likeness (QED) is 0.127. The first-order chi connectivity index (χ1) is 38.9. The van der Waals surface area contributed by atoms with Crippen molar-refractivity contribution in [1.82, 2.24) is 55.6 Å². The van der Waals surface area contributed by atoms with Gasteiger partial charge in [0.1, 0.15) is 60.4 Å². The largest absolute Gasteiger partial charge is 0.390 e. The average Bonchev–Trinajstić information content (AvgIpc) is 3.46. The highest BCUT2D eigenvalue weighted by Gasteiger charge is 2.45. The van der Waals surface area contributed by atoms with Crippen LogP contribution in [0.5, 0.6) is 0 Å². The fraction of sp³-hybridized carbons (Fsp3) is 0.783. The molecule has 480 valence electrons. The fourth-order valence-electron chi connectivity index (χ4n) is 10.5. The molecule has 0 bridgehead atoms. The van der Waals surface area contributed by atoms with E-state index in [1.54, 1.807) is 60.6 Å². The molecule has 1 aliphatic heterocycles. The third-order valence-electron chi connectivity index (χ3n) is 15.8. The monoisotopic (exact) mass is 1190 g/mol. The molecule has 1 heterocycles. The van der Waals surface area contributed by atoms with Gasteiger partial charge < -0.3 is 66.4 Å². The summed E-state index contributed by atoms with van der Waals surface area (Å²) < 4.78 is 0. The summed E-state index contributed by atoms with van der Waals surface area (Å²) in [6.07, 6.45) is 2.77. The molecule has 11 amide bonds. The zero-order chi connectivity index (χ0) is 65.1. The van der Waals surface area contributed by atoms with E-state index < -0.39 is 156 Å². The van der Waals surface area contributed by atoms with Crippen molar-refractivity contribution in [1.29, 1.82) is 0 Å². The van der Waals surface area contributed by atoms with E-state index in [0.717, 1.165) is 14.7 Å². The molecule has 24 nitrogen and oxygen atoms in total. The van der Waals surface area contributed by atoms with Crippen LogP contribution in [0.2, 0.25) is 0 Å². The highest BCUT2D eigenvalue weighted by molar-refractivity contribution is 5.99. The second-order valence-corrected chi connectivity index (χ2v) is 25.0. The van der Waals surface area contributed by atoms with Crippen LogP contribution < -0.4 is 27.0 Å². The molecular formula is C60H108N12O12. The summed E-state index contributed by atoms with van der Waals surface area (Å²) in [5.74, 6) is -9.87. The molecule has 1 fully saturated rings. The lowest BCUT2D eigenvalue weighted by atomic mass is 9.91. The number of hydrogen-bond donors (Lipinski definition) is 6. The number of nitrogens with one attached hydrogen (secondary N) is 4. The van der Waals surface area contributed by atoms with Gasteiger partial charge in [0.2, 0.25) is 65.0 Å². The zero-order valence-corrected chi connectivity index (χ0v) is 54.8. The number of rotatable bonds is 15. The second kappa shape index (κ2) is 34.7. The lowest BCUT2D eigenvalue weighted by Gasteiger charge is -2.41. The van der Waals surface area contributed by atoms with Crippen molar-refractivity contribution in [3.63, 3.8) is 0 Å². The zero-order valence-electron chi connectivity index (χ0n) is 54.8. The Balaban J connectivity index is 4.29. The Morgan fingerprint density at radius 3 is 1.43 bits per heavy atom. The van der Waals surface area contributed by atoms with Crippen LogP contribution in [0, 0.1) is 35.5 Å². The van der Waals surface area contributed by atoms with Crippen LogP contribution in [-0.4, -0.2) is 233 Å². The van der Waals surface area contributed by atoms with E-state index in [1.807, 2.05) is 41.5 Å². The van der Waals surface area contributed by atoms with Crippen LogP contribution in [0.3, 0.4) is 0 Å². The molecule has 0 aliphatic carbocycles. The van der Waals surface area contributed by atoms with Crippen LogP contribution in [0.1, 0.15) is 142 Å². The Hall–Kier alpha value is -6.17. The van der Waals surface area contributed by atoms with Crippen molar-refractivity contribution in [2.75, 3.05) is 62.4 Å². The molecule has 0 aromatic carbocycles. The van der Waals surface area contributed by atoms with Gasteiger partial charge in [0.05, 0.1) is 12.6 Å². The molecule has 1 saturated heterocycles. The molecule has 24 heteroatoms. The predicted octanol–water partition coefficient (Wildman–Crippen LogP) is 1.57. The Labute approximate surface area is 501 Å². The van der Waals surface area contributed by atoms with E-state index in [0.29, 0.717) is 6.42 Å². The summed E-state index contributed by atoms with van der Waals surface area (Å²) in [5.41, 5.74) is 5.98. The van der Waals surface area contributed by atoms with Crippen molar-refractivity contribution in [2.24, 2.45) is 41.2 Å². The maximum absolute atomic E-state index is 15.1. The molecule has 0 aromatic rings. The molecule has 84 heavy (non-hydrogen) atoms. The second-order valence-electron chi connectivity index (χ2n) is 25.0. The van der Waals surface area contributed by atoms with Gasteiger partial charge in [-0.1, -0.05) is 95.2 Å². The Morgan fingerprint density at radius 1 is 0.512 bits per heavy atom. The molecular weight excluding hydrogens is 1080 g/mol. The third-order valence-corrected chi connectivity index (χ3v) is 15.8. The van der Waals surface area contributed by atoms with Gasteiger partial charge in [-0.3, -0.25) is 52.7 Å². The summed E-state index contributed by atoms with van der Waals surface area (Å²) in [5, 5.41) is 22.9. The van der Waals surface area contributed by atoms with Gasteiger partial charge >= 0.3 is 0 Å². The Kier molecular flexibility index (Phi) is 31.3. The van der Waals surface area contributed by atoms with Gasteiger partial charge in [-0.25, -0.2) is 0 Å². The van der Waals surface area contributed by atoms with Gasteiger partial charge in [0, 0.05) is 49.3 Å². The van der Waals surface area contributed by atoms with Gasteiger partial charge in [0.15, 0.2) is 0 Å². The lowest BCUT2D eigenvalue weighted by Crippen LogP contribution is -2.63. The smallest absolute Gasteiger partial charge is 0.246 e. The highest BCUT2D eigenvalue weighted by Crippen LogP contribution is 2.25. The van der Waals surface area contributed by atoms with E-state index in [4.69, 9.17) is 5.73 Å². The minimum absolute atomic E-state index is 0.00881. The van der Waals surface area contributed by atoms with Gasteiger partial charge in [-0.15, -0.1) is 0 Å². The third kappa shape index (κ3) is 20.8. The van der Waals surface area contributed by atoms with Gasteiger partial charge in [-0.2, -0.15) is 0 Å². The number of nitrogens with zero attached hydrogens (tertiary/aromatic N) is 7. The topological polar surface area (TPSA) is 305 Å². The number of aliphatic hydroxyl groups excluding tert-OH is 1. The first-order valence-electron chi connectivity index (χ1n) is 29.9. The molecule has 0 saturated carbocycles. The molecule has 7 N–H and O–H groups in total. The molecule has 0 aromatic heterocycles. The van der Waals surface area contributed by atoms with E-state index in [-0.39, 0.29) is 56.4 Å². The van der Waals surface area contributed by atoms with E-state index >= 15 is 9.59 Å². The van der Waals surface area contributed by atoms with Crippen molar-refractivity contribution in [3.8, 4) is 0 Å². The number of allylic oxidation sites excluding steroid dienone is 2. The van der Waals surface area contributed by atoms with Crippen molar-refractivity contribution >= 4 is 65.0 Å². The molecule has 0 unspecified atom stereocenters. The number of likely N-dealkylation sites (N-methyl/N-ethyl adjacent to an activating group) is 7.